The Balaban J connectivity index is 1.92. The fourth-order valence-electron chi connectivity index (χ4n) is 3.00. The van der Waals surface area contributed by atoms with Crippen molar-refractivity contribution in [3.8, 4) is 0 Å². The van der Waals surface area contributed by atoms with Crippen LogP contribution < -0.4 is 5.32 Å². The van der Waals surface area contributed by atoms with Crippen molar-refractivity contribution in [1.82, 2.24) is 10.2 Å². The summed E-state index contributed by atoms with van der Waals surface area (Å²) in [6.45, 7) is 4.92. The molecule has 2 aliphatic rings. The van der Waals surface area contributed by atoms with Gasteiger partial charge in [-0.3, -0.25) is 0 Å². The second-order valence-electron chi connectivity index (χ2n) is 5.40. The summed E-state index contributed by atoms with van der Waals surface area (Å²) in [5.74, 6) is 0. The van der Waals surface area contributed by atoms with E-state index in [0.717, 1.165) is 32.8 Å². The van der Waals surface area contributed by atoms with Crippen molar-refractivity contribution in [2.75, 3.05) is 39.9 Å². The monoisotopic (exact) mass is 310 g/mol. The lowest BCUT2D eigenvalue weighted by Gasteiger charge is -2.51. The van der Waals surface area contributed by atoms with Crippen molar-refractivity contribution in [2.24, 2.45) is 0 Å². The van der Waals surface area contributed by atoms with Gasteiger partial charge in [0.25, 0.3) is 0 Å². The molecule has 2 aliphatic heterocycles. The molecule has 98 valence electrons. The van der Waals surface area contributed by atoms with E-state index >= 15 is 0 Å². The van der Waals surface area contributed by atoms with Crippen LogP contribution >= 0.6 is 15.9 Å². The van der Waals surface area contributed by atoms with E-state index < -0.39 is 0 Å². The molecule has 2 heterocycles. The summed E-state index contributed by atoms with van der Waals surface area (Å²) < 4.78 is 6.75. The molecule has 0 aromatic heterocycles. The summed E-state index contributed by atoms with van der Waals surface area (Å²) in [6, 6.07) is 9.02. The van der Waals surface area contributed by atoms with Gasteiger partial charge in [0.1, 0.15) is 0 Å². The van der Waals surface area contributed by atoms with E-state index in [1.165, 1.54) is 10.0 Å². The van der Waals surface area contributed by atoms with Gasteiger partial charge in [0, 0.05) is 30.1 Å². The van der Waals surface area contributed by atoms with Crippen molar-refractivity contribution >= 4 is 15.9 Å². The number of nitrogens with one attached hydrogen (secondary N) is 1. The van der Waals surface area contributed by atoms with Gasteiger partial charge in [0.2, 0.25) is 0 Å². The first-order valence-corrected chi connectivity index (χ1v) is 7.26. The van der Waals surface area contributed by atoms with E-state index in [1.807, 2.05) is 0 Å². The lowest BCUT2D eigenvalue weighted by molar-refractivity contribution is -0.0868. The number of piperazine rings is 1. The van der Waals surface area contributed by atoms with E-state index in [4.69, 9.17) is 4.74 Å². The molecule has 1 aromatic carbocycles. The van der Waals surface area contributed by atoms with Crippen molar-refractivity contribution < 1.29 is 4.74 Å². The van der Waals surface area contributed by atoms with Gasteiger partial charge < -0.3 is 15.0 Å². The lowest BCUT2D eigenvalue weighted by Crippen LogP contribution is -2.66. The molecule has 1 atom stereocenters. The molecule has 1 N–H and O–H groups in total. The van der Waals surface area contributed by atoms with E-state index in [9.17, 15) is 0 Å². The highest BCUT2D eigenvalue weighted by molar-refractivity contribution is 9.10. The minimum Gasteiger partial charge on any atom is -0.379 e. The predicted octanol–water partition coefficient (Wildman–Crippen LogP) is 1.62. The lowest BCUT2D eigenvalue weighted by atomic mass is 9.71. The maximum Gasteiger partial charge on any atom is 0.0601 e. The van der Waals surface area contributed by atoms with Crippen molar-refractivity contribution in [1.29, 1.82) is 0 Å². The average Bonchev–Trinajstić information content (AvgIpc) is 2.30. The first-order chi connectivity index (χ1) is 8.72. The molecule has 0 saturated carbocycles. The molecule has 0 aliphatic carbocycles. The Morgan fingerprint density at radius 3 is 2.78 bits per heavy atom. The normalized spacial score (nSPS) is 27.8. The number of likely N-dealkylation sites (N-methyl/N-ethyl adjacent to an activating group) is 1. The van der Waals surface area contributed by atoms with E-state index in [1.54, 1.807) is 0 Å². The molecule has 0 spiro atoms. The number of rotatable bonds is 2. The van der Waals surface area contributed by atoms with Gasteiger partial charge in [0.15, 0.2) is 0 Å². The summed E-state index contributed by atoms with van der Waals surface area (Å²) in [7, 11) is 2.20. The van der Waals surface area contributed by atoms with Gasteiger partial charge in [0.05, 0.1) is 18.6 Å². The van der Waals surface area contributed by atoms with Gasteiger partial charge in [-0.05, 0) is 18.7 Å². The first-order valence-electron chi connectivity index (χ1n) is 6.47. The van der Waals surface area contributed by atoms with Gasteiger partial charge >= 0.3 is 0 Å². The fraction of sp³-hybridized carbons (Fsp3) is 0.571. The largest absolute Gasteiger partial charge is 0.379 e. The average molecular weight is 311 g/mol. The van der Waals surface area contributed by atoms with Crippen LogP contribution in [-0.2, 0) is 10.2 Å². The van der Waals surface area contributed by atoms with E-state index in [0.29, 0.717) is 6.04 Å². The molecule has 1 unspecified atom stereocenters. The van der Waals surface area contributed by atoms with Crippen molar-refractivity contribution in [3.63, 3.8) is 0 Å². The standard InChI is InChI=1S/C14H19BrN2O/c1-17-7-6-16-13(8-17)14(9-18-10-14)11-4-2-3-5-12(11)15/h2-5,13,16H,6-10H2,1H3. The molecule has 3 rings (SSSR count). The zero-order valence-electron chi connectivity index (χ0n) is 10.7. The smallest absolute Gasteiger partial charge is 0.0601 e. The third-order valence-electron chi connectivity index (χ3n) is 4.18. The SMILES string of the molecule is CN1CCNC(C2(c3ccccc3Br)COC2)C1. The number of nitrogens with zero attached hydrogens (tertiary/aromatic N) is 1. The first kappa shape index (κ1) is 12.6. The molecular weight excluding hydrogens is 292 g/mol. The third kappa shape index (κ3) is 2.01. The molecule has 18 heavy (non-hydrogen) atoms. The summed E-state index contributed by atoms with van der Waals surface area (Å²) in [4.78, 5) is 2.40. The topological polar surface area (TPSA) is 24.5 Å². The zero-order valence-corrected chi connectivity index (χ0v) is 12.2. The van der Waals surface area contributed by atoms with Gasteiger partial charge in [-0.25, -0.2) is 0 Å². The summed E-state index contributed by atoms with van der Waals surface area (Å²) in [6.07, 6.45) is 0. The number of hydrogen-bond acceptors (Lipinski definition) is 3. The fourth-order valence-corrected chi connectivity index (χ4v) is 3.68. The molecule has 4 heteroatoms. The number of benzene rings is 1. The van der Waals surface area contributed by atoms with Gasteiger partial charge in [-0.1, -0.05) is 34.1 Å². The van der Waals surface area contributed by atoms with Crippen LogP contribution in [0.2, 0.25) is 0 Å². The Morgan fingerprint density at radius 1 is 1.39 bits per heavy atom. The second kappa shape index (κ2) is 4.93. The molecular formula is C14H19BrN2O. The summed E-state index contributed by atoms with van der Waals surface area (Å²) >= 11 is 3.69. The zero-order chi connectivity index (χ0) is 12.6. The molecule has 0 amide bonds. The quantitative estimate of drug-likeness (QED) is 0.898. The molecule has 1 aromatic rings. The second-order valence-corrected chi connectivity index (χ2v) is 6.25. The minimum atomic E-state index is 0.134. The number of halogens is 1. The van der Waals surface area contributed by atoms with Crippen LogP contribution in [0, 0.1) is 0 Å². The Kier molecular flexibility index (Phi) is 3.45. The van der Waals surface area contributed by atoms with Crippen LogP contribution in [0.3, 0.4) is 0 Å². The van der Waals surface area contributed by atoms with Crippen LogP contribution in [0.4, 0.5) is 0 Å². The number of ether oxygens (including phenoxy) is 1. The van der Waals surface area contributed by atoms with Crippen LogP contribution in [0.5, 0.6) is 0 Å². The Morgan fingerprint density at radius 2 is 2.17 bits per heavy atom. The highest BCUT2D eigenvalue weighted by Gasteiger charge is 2.48. The minimum absolute atomic E-state index is 0.134. The van der Waals surface area contributed by atoms with Gasteiger partial charge in [-0.2, -0.15) is 0 Å². The molecule has 0 radical (unpaired) electrons. The van der Waals surface area contributed by atoms with Crippen LogP contribution in [0.1, 0.15) is 5.56 Å². The highest BCUT2D eigenvalue weighted by atomic mass is 79.9. The highest BCUT2D eigenvalue weighted by Crippen LogP contribution is 2.40. The van der Waals surface area contributed by atoms with Gasteiger partial charge in [-0.15, -0.1) is 0 Å². The molecule has 2 fully saturated rings. The molecule has 3 nitrogen and oxygen atoms in total. The van der Waals surface area contributed by atoms with Crippen LogP contribution in [-0.4, -0.2) is 50.8 Å². The van der Waals surface area contributed by atoms with Crippen molar-refractivity contribution in [3.05, 3.63) is 34.3 Å². The van der Waals surface area contributed by atoms with E-state index in [-0.39, 0.29) is 5.41 Å². The maximum absolute atomic E-state index is 5.56. The third-order valence-corrected chi connectivity index (χ3v) is 4.87. The Hall–Kier alpha value is -0.420. The van der Waals surface area contributed by atoms with Crippen LogP contribution in [0.15, 0.2) is 28.7 Å². The van der Waals surface area contributed by atoms with Crippen LogP contribution in [0.25, 0.3) is 0 Å². The molecule has 2 saturated heterocycles. The van der Waals surface area contributed by atoms with E-state index in [2.05, 4.69) is 57.5 Å². The number of hydrogen-bond donors (Lipinski definition) is 1. The Labute approximate surface area is 117 Å². The maximum atomic E-state index is 5.56. The Bertz CT molecular complexity index is 434. The summed E-state index contributed by atoms with van der Waals surface area (Å²) in [5, 5.41) is 3.68. The van der Waals surface area contributed by atoms with Crippen molar-refractivity contribution in [2.45, 2.75) is 11.5 Å². The summed E-state index contributed by atoms with van der Waals surface area (Å²) in [5.41, 5.74) is 1.51. The molecule has 0 bridgehead atoms. The predicted molar refractivity (Wildman–Crippen MR) is 75.9 cm³/mol.